The van der Waals surface area contributed by atoms with Crippen molar-refractivity contribution < 1.29 is 27.0 Å². The summed E-state index contributed by atoms with van der Waals surface area (Å²) in [6, 6.07) is 12.1. The summed E-state index contributed by atoms with van der Waals surface area (Å²) in [5.41, 5.74) is -0.403. The van der Waals surface area contributed by atoms with Crippen molar-refractivity contribution in [2.24, 2.45) is 4.40 Å². The molecule has 0 atom stereocenters. The fourth-order valence-corrected chi connectivity index (χ4v) is 6.30. The number of amidine groups is 1. The van der Waals surface area contributed by atoms with Crippen LogP contribution in [0.5, 0.6) is 11.5 Å². The monoisotopic (exact) mass is 477 g/mol. The van der Waals surface area contributed by atoms with Crippen LogP contribution in [0.3, 0.4) is 0 Å². The summed E-state index contributed by atoms with van der Waals surface area (Å²) in [6.07, 6.45) is -1.01. The first kappa shape index (κ1) is 22.1. The molecule has 3 heterocycles. The van der Waals surface area contributed by atoms with E-state index in [0.717, 1.165) is 49.4 Å². The Morgan fingerprint density at radius 2 is 1.82 bits per heavy atom. The zero-order valence-electron chi connectivity index (χ0n) is 17.5. The largest absolute Gasteiger partial charge is 0.457 e. The molecule has 33 heavy (non-hydrogen) atoms. The van der Waals surface area contributed by atoms with E-state index < -0.39 is 33.7 Å². The number of ether oxygens (including phenoxy) is 1. The summed E-state index contributed by atoms with van der Waals surface area (Å²) in [4.78, 5) is 2.19. The van der Waals surface area contributed by atoms with Crippen molar-refractivity contribution in [1.82, 2.24) is 4.90 Å². The number of alkyl halides is 3. The molecule has 6 rings (SSSR count). The van der Waals surface area contributed by atoms with E-state index in [4.69, 9.17) is 10.00 Å². The van der Waals surface area contributed by atoms with Crippen LogP contribution in [0.15, 0.2) is 46.9 Å². The van der Waals surface area contributed by atoms with E-state index in [9.17, 15) is 22.3 Å². The molecular formula is C23H22F3N3O3S. The summed E-state index contributed by atoms with van der Waals surface area (Å²) in [7, 11) is -3.01. The summed E-state index contributed by atoms with van der Waals surface area (Å²) < 4.78 is 70.6. The molecule has 174 valence electrons. The summed E-state index contributed by atoms with van der Waals surface area (Å²) in [5, 5.41) is 9.06. The van der Waals surface area contributed by atoms with Crippen LogP contribution in [-0.2, 0) is 11.6 Å². The molecule has 3 aliphatic heterocycles. The molecule has 0 unspecified atom stereocenters. The van der Waals surface area contributed by atoms with Crippen LogP contribution in [0.1, 0.15) is 42.4 Å². The number of hydrogen-bond donors (Lipinski definition) is 2. The Hall–Kier alpha value is -2.74. The van der Waals surface area contributed by atoms with Crippen LogP contribution in [0.4, 0.5) is 13.2 Å². The molecular weight excluding hydrogens is 455 g/mol. The average molecular weight is 478 g/mol. The van der Waals surface area contributed by atoms with Gasteiger partial charge in [-0.1, -0.05) is 22.9 Å². The minimum absolute atomic E-state index is 0.0712. The fourth-order valence-electron chi connectivity index (χ4n) is 5.21. The van der Waals surface area contributed by atoms with Gasteiger partial charge in [0, 0.05) is 12.6 Å². The normalized spacial score (nSPS) is 26.7. The highest BCUT2D eigenvalue weighted by molar-refractivity contribution is 8.23. The van der Waals surface area contributed by atoms with Gasteiger partial charge in [0.2, 0.25) is 0 Å². The number of halogens is 3. The van der Waals surface area contributed by atoms with Gasteiger partial charge in [0.1, 0.15) is 17.3 Å². The molecule has 0 radical (unpaired) electrons. The van der Waals surface area contributed by atoms with Crippen molar-refractivity contribution in [3.05, 3.63) is 59.2 Å². The third kappa shape index (κ3) is 3.84. The fraction of sp³-hybridized carbons (Fsp3) is 0.391. The number of nitriles is 1. The molecule has 0 amide bonds. The first-order chi connectivity index (χ1) is 15.6. The lowest BCUT2D eigenvalue weighted by Crippen LogP contribution is -2.62. The molecule has 0 spiro atoms. The second-order valence-corrected chi connectivity index (χ2v) is 10.6. The van der Waals surface area contributed by atoms with Gasteiger partial charge in [0.05, 0.1) is 28.4 Å². The number of nitrogens with zero attached hydrogens (tertiary/aromatic N) is 3. The SMILES string of the molecule is N#Cc1ccc(C(F)(F)F)c(Oc2ccc(C34CCC(CC3)N3CCS(O)(O)N=C34)cc2)c1. The molecule has 1 saturated carbocycles. The summed E-state index contributed by atoms with van der Waals surface area (Å²) in [6.45, 7) is 0.560. The van der Waals surface area contributed by atoms with Gasteiger partial charge in [0.15, 0.2) is 0 Å². The molecule has 4 aliphatic rings. The van der Waals surface area contributed by atoms with E-state index >= 15 is 0 Å². The quantitative estimate of drug-likeness (QED) is 0.571. The third-order valence-corrected chi connectivity index (χ3v) is 8.03. The van der Waals surface area contributed by atoms with Crippen molar-refractivity contribution in [3.8, 4) is 17.6 Å². The number of fused-ring (bicyclic) bond motifs is 2. The topological polar surface area (TPSA) is 89.1 Å². The highest BCUT2D eigenvalue weighted by atomic mass is 32.3. The van der Waals surface area contributed by atoms with Gasteiger partial charge >= 0.3 is 6.18 Å². The van der Waals surface area contributed by atoms with Crippen molar-refractivity contribution in [1.29, 1.82) is 5.26 Å². The standard InChI is InChI=1S/C23H22F3N3O3S/c24-23(25,26)19-6-1-15(14-27)13-20(19)32-18-4-2-16(3-5-18)22-9-7-17(8-10-22)29-11-12-33(30,31)28-21(22)29/h1-6,13,17,30-31H,7-12H2. The molecule has 1 aliphatic carbocycles. The molecule has 2 aromatic carbocycles. The molecule has 2 bridgehead atoms. The van der Waals surface area contributed by atoms with Crippen molar-refractivity contribution in [2.45, 2.75) is 43.3 Å². The zero-order chi connectivity index (χ0) is 23.4. The number of hydrogen-bond acceptors (Lipinski definition) is 6. The maximum Gasteiger partial charge on any atom is 0.419 e. The number of rotatable bonds is 3. The van der Waals surface area contributed by atoms with E-state index in [0.29, 0.717) is 18.4 Å². The van der Waals surface area contributed by atoms with Gasteiger partial charge in [-0.15, -0.1) is 4.40 Å². The smallest absolute Gasteiger partial charge is 0.419 e. The Labute approximate surface area is 190 Å². The minimum Gasteiger partial charge on any atom is -0.457 e. The molecule has 3 fully saturated rings. The number of benzene rings is 2. The first-order valence-corrected chi connectivity index (χ1v) is 12.3. The van der Waals surface area contributed by atoms with Gasteiger partial charge in [-0.05, 0) is 61.6 Å². The summed E-state index contributed by atoms with van der Waals surface area (Å²) in [5.74, 6) is 0.736. The van der Waals surface area contributed by atoms with E-state index in [2.05, 4.69) is 9.30 Å². The average Bonchev–Trinajstić information content (AvgIpc) is 2.78. The molecule has 2 saturated heterocycles. The van der Waals surface area contributed by atoms with Crippen LogP contribution in [0.2, 0.25) is 0 Å². The predicted molar refractivity (Wildman–Crippen MR) is 118 cm³/mol. The second-order valence-electron chi connectivity index (χ2n) is 8.70. The molecule has 6 nitrogen and oxygen atoms in total. The Balaban J connectivity index is 1.48. The lowest BCUT2D eigenvalue weighted by Gasteiger charge is -2.57. The minimum atomic E-state index is -4.62. The lowest BCUT2D eigenvalue weighted by atomic mass is 9.63. The van der Waals surface area contributed by atoms with Crippen molar-refractivity contribution in [2.75, 3.05) is 12.3 Å². The molecule has 10 heteroatoms. The van der Waals surface area contributed by atoms with Crippen LogP contribution < -0.4 is 4.74 Å². The maximum atomic E-state index is 13.4. The summed E-state index contributed by atoms with van der Waals surface area (Å²) >= 11 is 0. The first-order valence-electron chi connectivity index (χ1n) is 10.6. The van der Waals surface area contributed by atoms with Crippen LogP contribution >= 0.6 is 10.8 Å². The zero-order valence-corrected chi connectivity index (χ0v) is 18.4. The molecule has 2 N–H and O–H groups in total. The van der Waals surface area contributed by atoms with Gasteiger partial charge in [-0.25, -0.2) is 0 Å². The highest BCUT2D eigenvalue weighted by Gasteiger charge is 2.52. The second kappa shape index (κ2) is 7.65. The van der Waals surface area contributed by atoms with Crippen LogP contribution in [-0.4, -0.2) is 38.2 Å². The van der Waals surface area contributed by atoms with Gasteiger partial charge in [-0.3, -0.25) is 9.11 Å². The third-order valence-electron chi connectivity index (χ3n) is 6.84. The Morgan fingerprint density at radius 1 is 1.12 bits per heavy atom. The number of piperidine rings is 2. The van der Waals surface area contributed by atoms with Gasteiger partial charge < -0.3 is 9.64 Å². The lowest BCUT2D eigenvalue weighted by molar-refractivity contribution is -0.138. The Kier molecular flexibility index (Phi) is 5.12. The van der Waals surface area contributed by atoms with Crippen molar-refractivity contribution >= 4 is 16.6 Å². The van der Waals surface area contributed by atoms with E-state index in [-0.39, 0.29) is 17.1 Å². The van der Waals surface area contributed by atoms with E-state index in [1.54, 1.807) is 12.1 Å². The van der Waals surface area contributed by atoms with E-state index in [1.807, 2.05) is 18.2 Å². The van der Waals surface area contributed by atoms with Crippen molar-refractivity contribution in [3.63, 3.8) is 0 Å². The molecule has 2 aromatic rings. The maximum absolute atomic E-state index is 13.4. The molecule has 0 aromatic heterocycles. The highest BCUT2D eigenvalue weighted by Crippen LogP contribution is 2.54. The van der Waals surface area contributed by atoms with Gasteiger partial charge in [-0.2, -0.15) is 18.4 Å². The Bertz CT molecular complexity index is 1150. The van der Waals surface area contributed by atoms with Crippen LogP contribution in [0, 0.1) is 11.3 Å². The van der Waals surface area contributed by atoms with E-state index in [1.165, 1.54) is 0 Å². The Morgan fingerprint density at radius 3 is 2.45 bits per heavy atom. The predicted octanol–water partition coefficient (Wildman–Crippen LogP) is 5.94. The van der Waals surface area contributed by atoms with Crippen LogP contribution in [0.25, 0.3) is 0 Å². The van der Waals surface area contributed by atoms with Gasteiger partial charge in [0.25, 0.3) is 0 Å².